The van der Waals surface area contributed by atoms with Crippen molar-refractivity contribution in [1.29, 1.82) is 0 Å². The van der Waals surface area contributed by atoms with Crippen molar-refractivity contribution in [3.05, 3.63) is 11.8 Å². The maximum absolute atomic E-state index is 12.3. The van der Waals surface area contributed by atoms with Crippen molar-refractivity contribution in [3.63, 3.8) is 0 Å². The Kier molecular flexibility index (Phi) is 4.32. The molecule has 0 aromatic heterocycles. The van der Waals surface area contributed by atoms with Crippen LogP contribution >= 0.6 is 0 Å². The minimum atomic E-state index is 0.239. The number of rotatable bonds is 3. The Hall–Kier alpha value is -0.990. The van der Waals surface area contributed by atoms with Gasteiger partial charge in [0.2, 0.25) is 5.91 Å². The third-order valence-corrected chi connectivity index (χ3v) is 5.34. The summed E-state index contributed by atoms with van der Waals surface area (Å²) in [5.74, 6) is 0.239. The molecule has 0 aromatic rings. The van der Waals surface area contributed by atoms with Gasteiger partial charge in [-0.3, -0.25) is 4.79 Å². The summed E-state index contributed by atoms with van der Waals surface area (Å²) in [6.07, 6.45) is 14.7. The molecule has 0 radical (unpaired) electrons. The zero-order valence-corrected chi connectivity index (χ0v) is 12.7. The molecule has 0 unspecified atom stereocenters. The first kappa shape index (κ1) is 14.0. The first-order chi connectivity index (χ1) is 9.75. The highest BCUT2D eigenvalue weighted by atomic mass is 16.2. The van der Waals surface area contributed by atoms with Gasteiger partial charge in [0.15, 0.2) is 0 Å². The maximum Gasteiger partial charge on any atom is 0.249 e. The summed E-state index contributed by atoms with van der Waals surface area (Å²) in [4.78, 5) is 14.5. The minimum absolute atomic E-state index is 0.239. The zero-order chi connectivity index (χ0) is 13.9. The topological polar surface area (TPSA) is 32.3 Å². The molecule has 112 valence electrons. The van der Waals surface area contributed by atoms with Crippen molar-refractivity contribution in [2.24, 2.45) is 0 Å². The highest BCUT2D eigenvalue weighted by Crippen LogP contribution is 2.30. The number of carbonyl (C=O) groups excluding carboxylic acids is 1. The fraction of sp³-hybridized carbons (Fsp3) is 0.824. The molecular weight excluding hydrogens is 248 g/mol. The van der Waals surface area contributed by atoms with Crippen molar-refractivity contribution in [1.82, 2.24) is 10.2 Å². The third-order valence-electron chi connectivity index (χ3n) is 5.34. The molecule has 2 fully saturated rings. The van der Waals surface area contributed by atoms with Gasteiger partial charge in [-0.25, -0.2) is 0 Å². The molecule has 0 aromatic carbocycles. The summed E-state index contributed by atoms with van der Waals surface area (Å²) >= 11 is 0. The zero-order valence-electron chi connectivity index (χ0n) is 12.7. The first-order valence-corrected chi connectivity index (χ1v) is 8.56. The van der Waals surface area contributed by atoms with Crippen LogP contribution in [0.3, 0.4) is 0 Å². The Labute approximate surface area is 122 Å². The molecule has 1 heterocycles. The van der Waals surface area contributed by atoms with Crippen LogP contribution < -0.4 is 5.32 Å². The van der Waals surface area contributed by atoms with Crippen LogP contribution in [0.4, 0.5) is 0 Å². The molecule has 3 rings (SSSR count). The van der Waals surface area contributed by atoms with Crippen LogP contribution in [0.15, 0.2) is 11.8 Å². The second-order valence-corrected chi connectivity index (χ2v) is 6.79. The number of hydrogen-bond donors (Lipinski definition) is 1. The summed E-state index contributed by atoms with van der Waals surface area (Å²) < 4.78 is 0. The number of carbonyl (C=O) groups is 1. The maximum atomic E-state index is 12.3. The molecular formula is C17H28N2O. The molecule has 0 bridgehead atoms. The van der Waals surface area contributed by atoms with Crippen LogP contribution in [-0.4, -0.2) is 28.9 Å². The molecule has 0 spiro atoms. The molecule has 20 heavy (non-hydrogen) atoms. The second kappa shape index (κ2) is 6.19. The number of nitrogens with zero attached hydrogens (tertiary/aromatic N) is 1. The van der Waals surface area contributed by atoms with E-state index >= 15 is 0 Å². The fourth-order valence-electron chi connectivity index (χ4n) is 4.17. The van der Waals surface area contributed by atoms with Gasteiger partial charge in [0.25, 0.3) is 0 Å². The van der Waals surface area contributed by atoms with Gasteiger partial charge in [-0.15, -0.1) is 0 Å². The van der Waals surface area contributed by atoms with E-state index in [4.69, 9.17) is 0 Å². The number of hydrogen-bond acceptors (Lipinski definition) is 2. The lowest BCUT2D eigenvalue weighted by atomic mass is 9.93. The Balaban J connectivity index is 1.61. The summed E-state index contributed by atoms with van der Waals surface area (Å²) in [5, 5.41) is 3.67. The highest BCUT2D eigenvalue weighted by molar-refractivity contribution is 5.92. The average molecular weight is 276 g/mol. The highest BCUT2D eigenvalue weighted by Gasteiger charge is 2.35. The van der Waals surface area contributed by atoms with Crippen LogP contribution in [-0.2, 0) is 4.79 Å². The van der Waals surface area contributed by atoms with E-state index in [0.717, 1.165) is 0 Å². The van der Waals surface area contributed by atoms with E-state index in [-0.39, 0.29) is 11.9 Å². The molecule has 3 heteroatoms. The van der Waals surface area contributed by atoms with E-state index in [2.05, 4.69) is 17.1 Å². The van der Waals surface area contributed by atoms with E-state index < -0.39 is 0 Å². The second-order valence-electron chi connectivity index (χ2n) is 6.79. The Bertz CT molecular complexity index is 378. The van der Waals surface area contributed by atoms with Gasteiger partial charge in [0.05, 0.1) is 6.04 Å². The fourth-order valence-corrected chi connectivity index (χ4v) is 4.17. The molecule has 1 atom stereocenters. The van der Waals surface area contributed by atoms with Crippen LogP contribution in [0.25, 0.3) is 0 Å². The smallest absolute Gasteiger partial charge is 0.249 e. The van der Waals surface area contributed by atoms with Gasteiger partial charge in [-0.05, 0) is 32.6 Å². The molecule has 1 N–H and O–H groups in total. The molecule has 2 saturated carbocycles. The monoisotopic (exact) mass is 276 g/mol. The summed E-state index contributed by atoms with van der Waals surface area (Å²) in [6.45, 7) is 2.20. The molecule has 3 aliphatic rings. The minimum Gasteiger partial charge on any atom is -0.384 e. The Morgan fingerprint density at radius 1 is 1.00 bits per heavy atom. The van der Waals surface area contributed by atoms with E-state index in [9.17, 15) is 4.79 Å². The molecule has 1 amide bonds. The standard InChI is InChI=1S/C17H28N2O/c1-13-16(18-14-8-4-2-5-9-14)12-17(20)19(13)15-10-6-3-7-11-15/h12-15,18H,2-11H2,1H3/t13-/m1/s1. The largest absolute Gasteiger partial charge is 0.384 e. The first-order valence-electron chi connectivity index (χ1n) is 8.56. The third kappa shape index (κ3) is 2.87. The van der Waals surface area contributed by atoms with Gasteiger partial charge in [0.1, 0.15) is 0 Å². The van der Waals surface area contributed by atoms with Crippen LogP contribution in [0.1, 0.15) is 71.1 Å². The van der Waals surface area contributed by atoms with Crippen LogP contribution in [0.5, 0.6) is 0 Å². The van der Waals surface area contributed by atoms with Crippen molar-refractivity contribution >= 4 is 5.91 Å². The normalized spacial score (nSPS) is 29.6. The molecule has 3 nitrogen and oxygen atoms in total. The van der Waals surface area contributed by atoms with Gasteiger partial charge >= 0.3 is 0 Å². The number of amides is 1. The Morgan fingerprint density at radius 3 is 2.25 bits per heavy atom. The van der Waals surface area contributed by atoms with Crippen LogP contribution in [0, 0.1) is 0 Å². The van der Waals surface area contributed by atoms with E-state index in [1.807, 2.05) is 6.08 Å². The van der Waals surface area contributed by atoms with Gasteiger partial charge < -0.3 is 10.2 Å². The number of nitrogens with one attached hydrogen (secondary N) is 1. The summed E-state index contributed by atoms with van der Waals surface area (Å²) in [5.41, 5.74) is 1.17. The quantitative estimate of drug-likeness (QED) is 0.857. The summed E-state index contributed by atoms with van der Waals surface area (Å²) in [7, 11) is 0. The predicted octanol–water partition coefficient (Wildman–Crippen LogP) is 3.36. The van der Waals surface area contributed by atoms with E-state index in [0.29, 0.717) is 12.1 Å². The van der Waals surface area contributed by atoms with Crippen molar-refractivity contribution < 1.29 is 4.79 Å². The van der Waals surface area contributed by atoms with Gasteiger partial charge in [-0.1, -0.05) is 38.5 Å². The van der Waals surface area contributed by atoms with Crippen LogP contribution in [0.2, 0.25) is 0 Å². The van der Waals surface area contributed by atoms with E-state index in [1.165, 1.54) is 69.9 Å². The average Bonchev–Trinajstić information content (AvgIpc) is 2.75. The lowest BCUT2D eigenvalue weighted by Crippen LogP contribution is -2.45. The SMILES string of the molecule is C[C@@H]1C(NC2CCCCC2)=CC(=O)N1C1CCCCC1. The summed E-state index contributed by atoms with van der Waals surface area (Å²) in [6, 6.07) is 1.33. The lowest BCUT2D eigenvalue weighted by Gasteiger charge is -2.36. The van der Waals surface area contributed by atoms with Gasteiger partial charge in [-0.2, -0.15) is 0 Å². The predicted molar refractivity (Wildman–Crippen MR) is 81.3 cm³/mol. The van der Waals surface area contributed by atoms with Crippen molar-refractivity contribution in [2.45, 2.75) is 89.3 Å². The lowest BCUT2D eigenvalue weighted by molar-refractivity contribution is -0.128. The van der Waals surface area contributed by atoms with Crippen molar-refractivity contribution in [2.75, 3.05) is 0 Å². The van der Waals surface area contributed by atoms with Gasteiger partial charge in [0, 0.05) is 23.9 Å². The molecule has 0 saturated heterocycles. The van der Waals surface area contributed by atoms with Crippen molar-refractivity contribution in [3.8, 4) is 0 Å². The van der Waals surface area contributed by atoms with E-state index in [1.54, 1.807) is 0 Å². The molecule has 1 aliphatic heterocycles. The Morgan fingerprint density at radius 2 is 1.60 bits per heavy atom. The molecule has 2 aliphatic carbocycles.